The number of piperidine rings is 1. The van der Waals surface area contributed by atoms with Gasteiger partial charge in [0.1, 0.15) is 41.9 Å². The number of nitrogens with one attached hydrogen (secondary N) is 5. The molecule has 5 aromatic heterocycles. The van der Waals surface area contributed by atoms with Gasteiger partial charge in [0.15, 0.2) is 11.3 Å². The van der Waals surface area contributed by atoms with Gasteiger partial charge in [0.2, 0.25) is 11.8 Å². The number of aliphatic hydroxyl groups excluding tert-OH is 2. The van der Waals surface area contributed by atoms with Gasteiger partial charge in [-0.3, -0.25) is 28.8 Å². The Balaban J connectivity index is 0.752. The Kier molecular flexibility index (Phi) is 15.6. The van der Waals surface area contributed by atoms with E-state index in [-0.39, 0.29) is 73.4 Å². The molecule has 1 saturated carbocycles. The number of β-amino-alcohol motifs (C(OH)–C–C–N with tert-alkyl or cyclic N) is 1. The van der Waals surface area contributed by atoms with Crippen molar-refractivity contribution in [2.75, 3.05) is 57.4 Å². The van der Waals surface area contributed by atoms with Crippen LogP contribution in [-0.2, 0) is 27.5 Å². The van der Waals surface area contributed by atoms with E-state index >= 15 is 9.18 Å². The molecule has 5 aliphatic heterocycles. The smallest absolute Gasteiger partial charge is 0.319 e. The first-order valence-electron chi connectivity index (χ1n) is 32.5. The number of piperazine rings is 1. The third-order valence-electron chi connectivity index (χ3n) is 20.0. The molecular weight excluding hydrogens is 1160 g/mol. The highest BCUT2D eigenvalue weighted by Gasteiger charge is 2.45. The quantitative estimate of drug-likeness (QED) is 0.0433. The fourth-order valence-electron chi connectivity index (χ4n) is 15.1. The van der Waals surface area contributed by atoms with Crippen LogP contribution >= 0.6 is 0 Å². The number of carbonyl (C=O) groups is 2. The molecule has 91 heavy (non-hydrogen) atoms. The van der Waals surface area contributed by atoms with Crippen molar-refractivity contribution in [3.8, 4) is 34.1 Å². The summed E-state index contributed by atoms with van der Waals surface area (Å²) in [5, 5.41) is 51.9. The van der Waals surface area contributed by atoms with Gasteiger partial charge in [-0.15, -0.1) is 0 Å². The zero-order valence-electron chi connectivity index (χ0n) is 51.7. The maximum absolute atomic E-state index is 16.3. The molecule has 7 N–H and O–H groups in total. The van der Waals surface area contributed by atoms with Crippen LogP contribution in [0.3, 0.4) is 0 Å². The van der Waals surface area contributed by atoms with Crippen molar-refractivity contribution in [1.82, 2.24) is 65.6 Å². The summed E-state index contributed by atoms with van der Waals surface area (Å²) in [6.07, 6.45) is 10.2. The van der Waals surface area contributed by atoms with E-state index in [0.717, 1.165) is 114 Å². The van der Waals surface area contributed by atoms with Crippen molar-refractivity contribution in [3.63, 3.8) is 0 Å². The van der Waals surface area contributed by atoms with Gasteiger partial charge in [-0.25, -0.2) is 4.39 Å². The van der Waals surface area contributed by atoms with Crippen molar-refractivity contribution < 1.29 is 38.4 Å². The Morgan fingerprint density at radius 2 is 1.71 bits per heavy atom. The number of halogens is 1. The van der Waals surface area contributed by atoms with Gasteiger partial charge in [-0.05, 0) is 135 Å². The molecule has 22 nitrogen and oxygen atoms in total. The number of aliphatic hydroxyl groups is 2. The van der Waals surface area contributed by atoms with Crippen LogP contribution < -0.4 is 35.9 Å². The van der Waals surface area contributed by atoms with Gasteiger partial charge >= 0.3 is 6.01 Å². The highest BCUT2D eigenvalue weighted by Crippen LogP contribution is 2.54. The van der Waals surface area contributed by atoms with E-state index in [1.807, 2.05) is 61.9 Å². The minimum atomic E-state index is -1.05. The van der Waals surface area contributed by atoms with Crippen molar-refractivity contribution in [3.05, 3.63) is 117 Å². The van der Waals surface area contributed by atoms with Gasteiger partial charge in [-0.2, -0.15) is 25.3 Å². The van der Waals surface area contributed by atoms with Crippen LogP contribution in [-0.4, -0.2) is 155 Å². The third-order valence-corrected chi connectivity index (χ3v) is 20.0. The first kappa shape index (κ1) is 59.0. The van der Waals surface area contributed by atoms with E-state index in [9.17, 15) is 19.8 Å². The zero-order valence-corrected chi connectivity index (χ0v) is 51.7. The molecule has 15 rings (SSSR count). The number of carbonyl (C=O) groups excluding carboxylic acids is 2. The molecule has 6 fully saturated rings. The molecule has 9 aromatic rings. The monoisotopic (exact) mass is 1240 g/mol. The van der Waals surface area contributed by atoms with E-state index in [1.165, 1.54) is 15.6 Å². The van der Waals surface area contributed by atoms with Crippen molar-refractivity contribution in [2.24, 2.45) is 5.92 Å². The Labute approximate surface area is 524 Å². The molecule has 6 atom stereocenters. The van der Waals surface area contributed by atoms with Crippen LogP contribution in [0, 0.1) is 18.7 Å². The molecule has 2 bridgehead atoms. The lowest BCUT2D eigenvalue weighted by atomic mass is 9.83. The van der Waals surface area contributed by atoms with Gasteiger partial charge in [0.25, 0.3) is 5.56 Å². The first-order valence-corrected chi connectivity index (χ1v) is 32.5. The Bertz CT molecular complexity index is 4350. The second-order valence-electron chi connectivity index (χ2n) is 26.2. The number of pyridine rings is 1. The molecule has 0 radical (unpaired) electrons. The normalized spacial score (nSPS) is 21.3. The van der Waals surface area contributed by atoms with E-state index in [4.69, 9.17) is 29.3 Å². The highest BCUT2D eigenvalue weighted by molar-refractivity contribution is 6.07. The minimum absolute atomic E-state index is 0.000576. The number of likely N-dealkylation sites (tertiary alicyclic amines) is 1. The molecule has 1 aliphatic carbocycles. The predicted octanol–water partition coefficient (Wildman–Crippen LogP) is 7.74. The third kappa shape index (κ3) is 10.8. The number of H-pyrrole nitrogens is 2. The fourth-order valence-corrected chi connectivity index (χ4v) is 15.1. The van der Waals surface area contributed by atoms with Crippen molar-refractivity contribution in [2.45, 2.75) is 146 Å². The summed E-state index contributed by atoms with van der Waals surface area (Å²) in [5.41, 5.74) is 8.72. The Hall–Kier alpha value is -8.35. The van der Waals surface area contributed by atoms with Gasteiger partial charge < -0.3 is 55.2 Å². The molecule has 4 aromatic carbocycles. The topological polar surface area (TPSA) is 268 Å². The SMILES string of the molecule is CCn1nccc1-c1ccc([C@H](CO)NC(=O)[C@@H]2C[C@@H](O)CN2C(=O)[C@H](C(C)C)n2cc3c(n2)c(=O)[nH]c2cc(COc4c(-c5c(C)c(F)cc6[nH]ncc56)c(C5CC5)cc5c(N6C[C@@H]7C[C@H]6CN7)nc(OC6CCOCC6)nc45)ccc23)c(C2CCNCC2)c1. The number of ether oxygens (including phenoxy) is 3. The summed E-state index contributed by atoms with van der Waals surface area (Å²) in [4.78, 5) is 61.4. The number of aromatic nitrogens is 9. The standard InChI is InChI=1S/C68H77FN14O8/c1-5-82-56(14-19-73-82)40-9-11-45(47(23-40)39-12-17-70-18-13-39)55(33-84)75-65(86)57-25-43(85)31-81(57)67(88)62(35(2)3)83-32-51-46-10-6-37(22-53(46)74-66(87)61(51)79-83)34-90-63-59(58-36(4)52(69)27-54-50(58)29-72-78-54)48(38-7-8-38)26-49-60(63)76-68(91-44-15-20-89-21-16-44)77-64(49)80-30-41-24-42(80)28-71-41/h6,9-11,14,19,22-23,26-27,29,32,35,38-39,41-44,55,57,62,70-71,84-85H,5,7-8,12-13,15-18,20-21,24-25,28,30-31,33-34H2,1-4H3,(H,72,78)(H,74,87)(H,75,86)/t41-,42-,43+,55-,57-,62-/m0/s1. The molecule has 474 valence electrons. The Morgan fingerprint density at radius 1 is 0.890 bits per heavy atom. The van der Waals surface area contributed by atoms with Crippen LogP contribution in [0.25, 0.3) is 66.0 Å². The summed E-state index contributed by atoms with van der Waals surface area (Å²) in [5.74, 6) is -0.0608. The number of rotatable bonds is 18. The molecule has 0 unspecified atom stereocenters. The molecule has 10 heterocycles. The largest absolute Gasteiger partial charge is 0.486 e. The summed E-state index contributed by atoms with van der Waals surface area (Å²) in [6.45, 7) is 12.3. The summed E-state index contributed by atoms with van der Waals surface area (Å²) in [7, 11) is 0. The highest BCUT2D eigenvalue weighted by atomic mass is 19.1. The van der Waals surface area contributed by atoms with Crippen LogP contribution in [0.4, 0.5) is 10.2 Å². The van der Waals surface area contributed by atoms with Crippen LogP contribution in [0.5, 0.6) is 11.8 Å². The zero-order chi connectivity index (χ0) is 62.3. The molecule has 23 heteroatoms. The average Bonchev–Trinajstić information content (AvgIpc) is 1.83. The average molecular weight is 1240 g/mol. The van der Waals surface area contributed by atoms with Crippen LogP contribution in [0.1, 0.15) is 124 Å². The summed E-state index contributed by atoms with van der Waals surface area (Å²) < 4.78 is 39.4. The van der Waals surface area contributed by atoms with E-state index in [1.54, 1.807) is 25.5 Å². The summed E-state index contributed by atoms with van der Waals surface area (Å²) >= 11 is 0. The minimum Gasteiger partial charge on any atom is -0.486 e. The number of amides is 2. The molecule has 0 spiro atoms. The number of aromatic amines is 2. The van der Waals surface area contributed by atoms with E-state index in [0.29, 0.717) is 82.8 Å². The number of nitrogens with zero attached hydrogens (tertiary/aromatic N) is 9. The number of anilines is 1. The fraction of sp³-hybridized carbons (Fsp3) is 0.471. The Morgan fingerprint density at radius 3 is 2.47 bits per heavy atom. The maximum Gasteiger partial charge on any atom is 0.319 e. The number of hydrogen-bond acceptors (Lipinski definition) is 16. The first-order chi connectivity index (χ1) is 44.3. The molecule has 6 aliphatic rings. The van der Waals surface area contributed by atoms with Crippen LogP contribution in [0.2, 0.25) is 0 Å². The summed E-state index contributed by atoms with van der Waals surface area (Å²) in [6, 6.07) is 15.5. The van der Waals surface area contributed by atoms with Crippen molar-refractivity contribution in [1.29, 1.82) is 0 Å². The molecule has 5 saturated heterocycles. The lowest BCUT2D eigenvalue weighted by Crippen LogP contribution is -2.50. The van der Waals surface area contributed by atoms with E-state index in [2.05, 4.69) is 53.3 Å². The number of benzene rings is 4. The van der Waals surface area contributed by atoms with E-state index < -0.39 is 41.6 Å². The van der Waals surface area contributed by atoms with Gasteiger partial charge in [0.05, 0.1) is 49.4 Å². The molecule has 2 amide bonds. The number of fused-ring (bicyclic) bond motifs is 7. The maximum atomic E-state index is 16.3. The van der Waals surface area contributed by atoms with Gasteiger partial charge in [-0.1, -0.05) is 38.1 Å². The number of hydrogen-bond donors (Lipinski definition) is 7. The lowest BCUT2D eigenvalue weighted by molar-refractivity contribution is -0.142. The second kappa shape index (κ2) is 24.0. The van der Waals surface area contributed by atoms with Crippen molar-refractivity contribution >= 4 is 61.2 Å². The lowest BCUT2D eigenvalue weighted by Gasteiger charge is -2.32. The van der Waals surface area contributed by atoms with Gasteiger partial charge in [0, 0.05) is 114 Å². The predicted molar refractivity (Wildman–Crippen MR) is 342 cm³/mol. The van der Waals surface area contributed by atoms with Crippen LogP contribution in [0.15, 0.2) is 78.0 Å². The second-order valence-corrected chi connectivity index (χ2v) is 26.2. The molecular formula is C68H77FN14O8. The number of aryl methyl sites for hydroxylation is 1.